The predicted molar refractivity (Wildman–Crippen MR) is 75.2 cm³/mol. The summed E-state index contributed by atoms with van der Waals surface area (Å²) in [5.74, 6) is 8.06. The van der Waals surface area contributed by atoms with Gasteiger partial charge < -0.3 is 10.2 Å². The Hall–Kier alpha value is -2.14. The van der Waals surface area contributed by atoms with Gasteiger partial charge in [-0.05, 0) is 19.1 Å². The van der Waals surface area contributed by atoms with E-state index in [-0.39, 0.29) is 5.92 Å². The van der Waals surface area contributed by atoms with Crippen LogP contribution >= 0.6 is 0 Å². The van der Waals surface area contributed by atoms with Crippen LogP contribution in [-0.4, -0.2) is 9.97 Å². The van der Waals surface area contributed by atoms with E-state index in [0.717, 1.165) is 5.75 Å². The van der Waals surface area contributed by atoms with E-state index in [9.17, 15) is 0 Å². The maximum atomic E-state index is 5.72. The van der Waals surface area contributed by atoms with Gasteiger partial charge in [-0.2, -0.15) is 4.98 Å². The number of hydrogen-bond donors (Lipinski definition) is 2. The van der Waals surface area contributed by atoms with Crippen molar-refractivity contribution in [1.29, 1.82) is 0 Å². The molecule has 5 heteroatoms. The highest BCUT2D eigenvalue weighted by Crippen LogP contribution is 2.23. The standard InChI is InChI=1S/C14H18N4O/c1-9(2)14-16-12(18-15)8-13(17-14)19-11-6-4-10(3)5-7-11/h4-9H,15H2,1-3H3,(H,16,17,18). The van der Waals surface area contributed by atoms with Crippen molar-refractivity contribution < 1.29 is 4.74 Å². The third-order valence-corrected chi connectivity index (χ3v) is 2.63. The number of nitrogens with one attached hydrogen (secondary N) is 1. The summed E-state index contributed by atoms with van der Waals surface area (Å²) in [5, 5.41) is 0. The zero-order valence-corrected chi connectivity index (χ0v) is 11.3. The van der Waals surface area contributed by atoms with Crippen LogP contribution in [-0.2, 0) is 0 Å². The predicted octanol–water partition coefficient (Wildman–Crippen LogP) is 2.99. The summed E-state index contributed by atoms with van der Waals surface area (Å²) in [7, 11) is 0. The van der Waals surface area contributed by atoms with Gasteiger partial charge in [-0.15, -0.1) is 0 Å². The molecule has 5 nitrogen and oxygen atoms in total. The molecule has 1 aromatic carbocycles. The number of ether oxygens (including phenoxy) is 1. The molecule has 0 radical (unpaired) electrons. The Kier molecular flexibility index (Phi) is 3.97. The molecule has 0 saturated carbocycles. The molecule has 0 saturated heterocycles. The molecule has 0 fully saturated rings. The van der Waals surface area contributed by atoms with Crippen LogP contribution < -0.4 is 16.0 Å². The minimum absolute atomic E-state index is 0.202. The molecule has 2 rings (SSSR count). The highest BCUT2D eigenvalue weighted by Gasteiger charge is 2.09. The van der Waals surface area contributed by atoms with Crippen LogP contribution in [0.2, 0.25) is 0 Å². The number of hydrazine groups is 1. The summed E-state index contributed by atoms with van der Waals surface area (Å²) < 4.78 is 5.72. The first kappa shape index (κ1) is 13.3. The average molecular weight is 258 g/mol. The molecule has 1 aromatic heterocycles. The van der Waals surface area contributed by atoms with Crippen LogP contribution in [0.3, 0.4) is 0 Å². The number of anilines is 1. The van der Waals surface area contributed by atoms with E-state index in [1.54, 1.807) is 6.07 Å². The Labute approximate surface area is 112 Å². The molecule has 0 amide bonds. The third-order valence-electron chi connectivity index (χ3n) is 2.63. The van der Waals surface area contributed by atoms with Crippen LogP contribution in [0.1, 0.15) is 31.2 Å². The Morgan fingerprint density at radius 2 is 1.84 bits per heavy atom. The first-order valence-corrected chi connectivity index (χ1v) is 6.18. The monoisotopic (exact) mass is 258 g/mol. The first-order chi connectivity index (χ1) is 9.08. The van der Waals surface area contributed by atoms with Gasteiger partial charge in [0.1, 0.15) is 17.4 Å². The number of benzene rings is 1. The first-order valence-electron chi connectivity index (χ1n) is 6.18. The van der Waals surface area contributed by atoms with Gasteiger partial charge in [-0.3, -0.25) is 0 Å². The number of aromatic nitrogens is 2. The molecule has 0 unspecified atom stereocenters. The highest BCUT2D eigenvalue weighted by molar-refractivity contribution is 5.39. The third kappa shape index (κ3) is 3.42. The summed E-state index contributed by atoms with van der Waals surface area (Å²) >= 11 is 0. The lowest BCUT2D eigenvalue weighted by Gasteiger charge is -2.10. The Morgan fingerprint density at radius 1 is 1.16 bits per heavy atom. The quantitative estimate of drug-likeness (QED) is 0.651. The van der Waals surface area contributed by atoms with E-state index < -0.39 is 0 Å². The van der Waals surface area contributed by atoms with Gasteiger partial charge >= 0.3 is 0 Å². The number of nitrogens with two attached hydrogens (primary N) is 1. The molecule has 0 aliphatic carbocycles. The molecule has 2 aromatic rings. The van der Waals surface area contributed by atoms with Crippen molar-refractivity contribution in [2.45, 2.75) is 26.7 Å². The lowest BCUT2D eigenvalue weighted by Crippen LogP contribution is -2.11. The van der Waals surface area contributed by atoms with Crippen LogP contribution in [0, 0.1) is 6.92 Å². The fraction of sp³-hybridized carbons (Fsp3) is 0.286. The van der Waals surface area contributed by atoms with Crippen LogP contribution in [0.5, 0.6) is 11.6 Å². The Morgan fingerprint density at radius 3 is 2.42 bits per heavy atom. The largest absolute Gasteiger partial charge is 0.439 e. The van der Waals surface area contributed by atoms with E-state index in [1.807, 2.05) is 45.0 Å². The topological polar surface area (TPSA) is 73.1 Å². The van der Waals surface area contributed by atoms with Crippen molar-refractivity contribution in [1.82, 2.24) is 9.97 Å². The van der Waals surface area contributed by atoms with Gasteiger partial charge in [0.2, 0.25) is 5.88 Å². The van der Waals surface area contributed by atoms with Gasteiger partial charge in [-0.25, -0.2) is 10.8 Å². The van der Waals surface area contributed by atoms with Crippen molar-refractivity contribution in [3.05, 3.63) is 41.7 Å². The smallest absolute Gasteiger partial charge is 0.224 e. The Bertz CT molecular complexity index is 552. The van der Waals surface area contributed by atoms with Gasteiger partial charge in [0.05, 0.1) is 0 Å². The molecule has 19 heavy (non-hydrogen) atoms. The summed E-state index contributed by atoms with van der Waals surface area (Å²) in [6, 6.07) is 9.46. The molecule has 100 valence electrons. The molecule has 0 atom stereocenters. The van der Waals surface area contributed by atoms with E-state index in [1.165, 1.54) is 5.56 Å². The zero-order chi connectivity index (χ0) is 13.8. The molecular formula is C14H18N4O. The molecule has 0 aliphatic heterocycles. The molecular weight excluding hydrogens is 240 g/mol. The molecule has 0 spiro atoms. The number of hydrogen-bond acceptors (Lipinski definition) is 5. The maximum absolute atomic E-state index is 5.72. The van der Waals surface area contributed by atoms with Crippen molar-refractivity contribution in [2.75, 3.05) is 5.43 Å². The van der Waals surface area contributed by atoms with Gasteiger partial charge in [-0.1, -0.05) is 31.5 Å². The van der Waals surface area contributed by atoms with Crippen molar-refractivity contribution in [3.8, 4) is 11.6 Å². The second kappa shape index (κ2) is 5.67. The SMILES string of the molecule is Cc1ccc(Oc2cc(NN)nc(C(C)C)n2)cc1. The van der Waals surface area contributed by atoms with Crippen molar-refractivity contribution >= 4 is 5.82 Å². The van der Waals surface area contributed by atoms with E-state index in [4.69, 9.17) is 10.6 Å². The second-order valence-corrected chi connectivity index (χ2v) is 4.66. The molecule has 3 N–H and O–H groups in total. The maximum Gasteiger partial charge on any atom is 0.224 e. The van der Waals surface area contributed by atoms with Crippen molar-refractivity contribution in [3.63, 3.8) is 0 Å². The average Bonchev–Trinajstić information content (AvgIpc) is 2.41. The minimum atomic E-state index is 0.202. The fourth-order valence-corrected chi connectivity index (χ4v) is 1.55. The van der Waals surface area contributed by atoms with Crippen LogP contribution in [0.4, 0.5) is 5.82 Å². The number of nitrogens with zero attached hydrogens (tertiary/aromatic N) is 2. The summed E-state index contributed by atoms with van der Waals surface area (Å²) in [6.45, 7) is 6.07. The lowest BCUT2D eigenvalue weighted by atomic mass is 10.2. The Balaban J connectivity index is 2.28. The molecule has 0 aliphatic rings. The normalized spacial score (nSPS) is 10.6. The van der Waals surface area contributed by atoms with E-state index >= 15 is 0 Å². The second-order valence-electron chi connectivity index (χ2n) is 4.66. The molecule has 0 bridgehead atoms. The lowest BCUT2D eigenvalue weighted by molar-refractivity contribution is 0.457. The van der Waals surface area contributed by atoms with E-state index in [0.29, 0.717) is 17.5 Å². The van der Waals surface area contributed by atoms with Crippen LogP contribution in [0.25, 0.3) is 0 Å². The zero-order valence-electron chi connectivity index (χ0n) is 11.3. The van der Waals surface area contributed by atoms with E-state index in [2.05, 4.69) is 15.4 Å². The summed E-state index contributed by atoms with van der Waals surface area (Å²) in [4.78, 5) is 8.65. The minimum Gasteiger partial charge on any atom is -0.439 e. The fourth-order valence-electron chi connectivity index (χ4n) is 1.55. The summed E-state index contributed by atoms with van der Waals surface area (Å²) in [6.07, 6.45) is 0. The van der Waals surface area contributed by atoms with Crippen molar-refractivity contribution in [2.24, 2.45) is 5.84 Å². The highest BCUT2D eigenvalue weighted by atomic mass is 16.5. The van der Waals surface area contributed by atoms with Gasteiger partial charge in [0.25, 0.3) is 0 Å². The van der Waals surface area contributed by atoms with Gasteiger partial charge in [0, 0.05) is 12.0 Å². The summed E-state index contributed by atoms with van der Waals surface area (Å²) in [5.41, 5.74) is 3.71. The van der Waals surface area contributed by atoms with Gasteiger partial charge in [0.15, 0.2) is 0 Å². The number of aryl methyl sites for hydroxylation is 1. The number of nitrogen functional groups attached to an aromatic ring is 1. The van der Waals surface area contributed by atoms with Crippen LogP contribution in [0.15, 0.2) is 30.3 Å². The molecule has 1 heterocycles. The number of rotatable bonds is 4.